The molecule has 1 atom stereocenters. The summed E-state index contributed by atoms with van der Waals surface area (Å²) in [6.07, 6.45) is 0.543. The van der Waals surface area contributed by atoms with Gasteiger partial charge in [0.1, 0.15) is 11.8 Å². The van der Waals surface area contributed by atoms with E-state index >= 15 is 0 Å². The van der Waals surface area contributed by atoms with E-state index in [-0.39, 0.29) is 18.9 Å². The molecule has 0 radical (unpaired) electrons. The van der Waals surface area contributed by atoms with E-state index in [1.165, 1.54) is 7.05 Å². The van der Waals surface area contributed by atoms with Gasteiger partial charge in [-0.2, -0.15) is 0 Å². The van der Waals surface area contributed by atoms with Gasteiger partial charge in [-0.25, -0.2) is 0 Å². The first-order valence-electron chi connectivity index (χ1n) is 6.56. The first-order valence-corrected chi connectivity index (χ1v) is 6.56. The van der Waals surface area contributed by atoms with Crippen LogP contribution in [-0.2, 0) is 14.4 Å². The molecule has 1 saturated heterocycles. The minimum atomic E-state index is -0.683. The molecule has 1 fully saturated rings. The highest BCUT2D eigenvalue weighted by Crippen LogP contribution is 2.19. The van der Waals surface area contributed by atoms with Crippen molar-refractivity contribution in [1.82, 2.24) is 10.2 Å². The number of piperidine rings is 1. The molecule has 1 aromatic carbocycles. The second-order valence-electron chi connectivity index (χ2n) is 4.78. The van der Waals surface area contributed by atoms with E-state index in [1.807, 2.05) is 0 Å². The molecule has 0 bridgehead atoms. The first-order chi connectivity index (χ1) is 9.99. The number of ether oxygens (including phenoxy) is 1. The van der Waals surface area contributed by atoms with Gasteiger partial charge in [0, 0.05) is 13.5 Å². The first kappa shape index (κ1) is 14.8. The van der Waals surface area contributed by atoms with E-state index in [0.717, 1.165) is 4.90 Å². The van der Waals surface area contributed by atoms with Crippen LogP contribution >= 0.6 is 0 Å². The molecule has 0 saturated carbocycles. The third kappa shape index (κ3) is 3.50. The minimum absolute atomic E-state index is 0.236. The summed E-state index contributed by atoms with van der Waals surface area (Å²) in [6.45, 7) is -0.240. The largest absolute Gasteiger partial charge is 0.482 e. The summed E-state index contributed by atoms with van der Waals surface area (Å²) in [7, 11) is 1.41. The molecule has 3 N–H and O–H groups in total. The molecule has 0 aromatic heterocycles. The van der Waals surface area contributed by atoms with Crippen LogP contribution in [0.4, 0.5) is 5.69 Å². The topological polar surface area (TPSA) is 102 Å². The van der Waals surface area contributed by atoms with E-state index < -0.39 is 17.9 Å². The van der Waals surface area contributed by atoms with Crippen LogP contribution in [0.5, 0.6) is 5.75 Å². The van der Waals surface area contributed by atoms with Crippen molar-refractivity contribution >= 4 is 23.4 Å². The zero-order chi connectivity index (χ0) is 15.4. The highest BCUT2D eigenvalue weighted by Gasteiger charge is 2.32. The number of rotatable bonds is 4. The fourth-order valence-electron chi connectivity index (χ4n) is 2.04. The number of nitrogens with zero attached hydrogens (tertiary/aromatic N) is 1. The van der Waals surface area contributed by atoms with Gasteiger partial charge in [-0.15, -0.1) is 0 Å². The summed E-state index contributed by atoms with van der Waals surface area (Å²) in [5.41, 5.74) is 6.13. The molecule has 1 aliphatic heterocycles. The maximum absolute atomic E-state index is 11.8. The lowest BCUT2D eigenvalue weighted by atomic mass is 10.0. The van der Waals surface area contributed by atoms with Gasteiger partial charge in [-0.3, -0.25) is 19.3 Å². The number of nitrogen functional groups attached to an aromatic ring is 1. The van der Waals surface area contributed by atoms with Gasteiger partial charge in [0.2, 0.25) is 5.91 Å². The Bertz CT molecular complexity index is 573. The lowest BCUT2D eigenvalue weighted by Gasteiger charge is -2.28. The monoisotopic (exact) mass is 291 g/mol. The molecule has 1 aliphatic rings. The van der Waals surface area contributed by atoms with Crippen LogP contribution in [0.2, 0.25) is 0 Å². The Kier molecular flexibility index (Phi) is 4.42. The van der Waals surface area contributed by atoms with Gasteiger partial charge in [0.25, 0.3) is 11.8 Å². The number of imide groups is 1. The van der Waals surface area contributed by atoms with Crippen molar-refractivity contribution in [2.45, 2.75) is 18.9 Å². The number of likely N-dealkylation sites (tertiary alicyclic amines) is 1. The number of benzene rings is 1. The van der Waals surface area contributed by atoms with Gasteiger partial charge < -0.3 is 15.8 Å². The SMILES string of the molecule is CN1C(=O)CCC(NC(=O)COc2ccccc2N)C1=O. The van der Waals surface area contributed by atoms with E-state index in [9.17, 15) is 14.4 Å². The summed E-state index contributed by atoms with van der Waals surface area (Å²) >= 11 is 0. The highest BCUT2D eigenvalue weighted by molar-refractivity contribution is 6.01. The Morgan fingerprint density at radius 1 is 1.43 bits per heavy atom. The molecule has 1 heterocycles. The van der Waals surface area contributed by atoms with Gasteiger partial charge in [-0.05, 0) is 18.6 Å². The lowest BCUT2D eigenvalue weighted by Crippen LogP contribution is -2.53. The van der Waals surface area contributed by atoms with Crippen molar-refractivity contribution in [3.63, 3.8) is 0 Å². The van der Waals surface area contributed by atoms with Gasteiger partial charge in [-0.1, -0.05) is 12.1 Å². The number of para-hydroxylation sites is 2. The number of hydrogen-bond donors (Lipinski definition) is 2. The van der Waals surface area contributed by atoms with Crippen molar-refractivity contribution in [3.8, 4) is 5.75 Å². The fraction of sp³-hybridized carbons (Fsp3) is 0.357. The number of carbonyl (C=O) groups excluding carboxylic acids is 3. The van der Waals surface area contributed by atoms with Crippen LogP contribution in [0, 0.1) is 0 Å². The molecular weight excluding hydrogens is 274 g/mol. The summed E-state index contributed by atoms with van der Waals surface area (Å²) in [5, 5.41) is 2.56. The lowest BCUT2D eigenvalue weighted by molar-refractivity contribution is -0.149. The number of hydrogen-bond acceptors (Lipinski definition) is 5. The van der Waals surface area contributed by atoms with Crippen molar-refractivity contribution in [2.24, 2.45) is 0 Å². The Morgan fingerprint density at radius 3 is 2.86 bits per heavy atom. The molecule has 1 aromatic rings. The molecule has 21 heavy (non-hydrogen) atoms. The van der Waals surface area contributed by atoms with E-state index in [4.69, 9.17) is 10.5 Å². The van der Waals surface area contributed by atoms with Crippen molar-refractivity contribution in [2.75, 3.05) is 19.4 Å². The molecule has 7 heteroatoms. The van der Waals surface area contributed by atoms with Gasteiger partial charge in [0.05, 0.1) is 5.69 Å². The maximum atomic E-state index is 11.8. The van der Waals surface area contributed by atoms with Crippen LogP contribution in [0.1, 0.15) is 12.8 Å². The van der Waals surface area contributed by atoms with Gasteiger partial charge >= 0.3 is 0 Å². The Labute approximate surface area is 122 Å². The molecule has 2 rings (SSSR count). The Balaban J connectivity index is 1.86. The number of nitrogens with one attached hydrogen (secondary N) is 1. The molecule has 3 amide bonds. The third-order valence-electron chi connectivity index (χ3n) is 3.26. The summed E-state index contributed by atoms with van der Waals surface area (Å²) < 4.78 is 5.29. The second-order valence-corrected chi connectivity index (χ2v) is 4.78. The van der Waals surface area contributed by atoms with Crippen molar-refractivity contribution in [3.05, 3.63) is 24.3 Å². The number of likely N-dealkylation sites (N-methyl/N-ethyl adjacent to an activating group) is 1. The minimum Gasteiger partial charge on any atom is -0.482 e. The Morgan fingerprint density at radius 2 is 2.14 bits per heavy atom. The predicted octanol–water partition coefficient (Wildman–Crippen LogP) is -0.0888. The zero-order valence-corrected chi connectivity index (χ0v) is 11.7. The van der Waals surface area contributed by atoms with Crippen LogP contribution in [0.3, 0.4) is 0 Å². The van der Waals surface area contributed by atoms with Crippen LogP contribution in [-0.4, -0.2) is 42.3 Å². The number of nitrogens with two attached hydrogens (primary N) is 1. The molecule has 7 nitrogen and oxygen atoms in total. The highest BCUT2D eigenvalue weighted by atomic mass is 16.5. The maximum Gasteiger partial charge on any atom is 0.258 e. The molecule has 0 spiro atoms. The second kappa shape index (κ2) is 6.25. The summed E-state index contributed by atoms with van der Waals surface area (Å²) in [4.78, 5) is 36.0. The third-order valence-corrected chi connectivity index (χ3v) is 3.26. The summed E-state index contributed by atoms with van der Waals surface area (Å²) in [6, 6.07) is 6.14. The smallest absolute Gasteiger partial charge is 0.258 e. The normalized spacial score (nSPS) is 18.5. The predicted molar refractivity (Wildman–Crippen MR) is 75.3 cm³/mol. The van der Waals surface area contributed by atoms with E-state index in [1.54, 1.807) is 24.3 Å². The van der Waals surface area contributed by atoms with E-state index in [2.05, 4.69) is 5.32 Å². The number of amides is 3. The molecule has 112 valence electrons. The van der Waals surface area contributed by atoms with Crippen LogP contribution < -0.4 is 15.8 Å². The zero-order valence-electron chi connectivity index (χ0n) is 11.7. The Hall–Kier alpha value is -2.57. The van der Waals surface area contributed by atoms with Crippen LogP contribution in [0.25, 0.3) is 0 Å². The number of carbonyl (C=O) groups is 3. The average molecular weight is 291 g/mol. The quantitative estimate of drug-likeness (QED) is 0.596. The van der Waals surface area contributed by atoms with Gasteiger partial charge in [0.15, 0.2) is 6.61 Å². The van der Waals surface area contributed by atoms with Crippen molar-refractivity contribution < 1.29 is 19.1 Å². The van der Waals surface area contributed by atoms with Crippen LogP contribution in [0.15, 0.2) is 24.3 Å². The molecule has 1 unspecified atom stereocenters. The van der Waals surface area contributed by atoms with E-state index in [0.29, 0.717) is 17.9 Å². The van der Waals surface area contributed by atoms with Crippen molar-refractivity contribution in [1.29, 1.82) is 0 Å². The average Bonchev–Trinajstić information content (AvgIpc) is 2.47. The molecular formula is C14H17N3O4. The fourth-order valence-corrected chi connectivity index (χ4v) is 2.04. The summed E-state index contributed by atoms with van der Waals surface area (Å²) in [5.74, 6) is -0.660. The number of anilines is 1. The standard InChI is InChI=1S/C14H17N3O4/c1-17-13(19)7-6-10(14(17)20)16-12(18)8-21-11-5-3-2-4-9(11)15/h2-5,10H,6-8,15H2,1H3,(H,16,18). The molecule has 0 aliphatic carbocycles.